The number of amides is 4. The number of carbonyl (C=O) groups is 4. The van der Waals surface area contributed by atoms with E-state index in [-0.39, 0.29) is 11.8 Å². The lowest BCUT2D eigenvalue weighted by Crippen LogP contribution is -2.51. The van der Waals surface area contributed by atoms with Crippen molar-refractivity contribution in [1.82, 2.24) is 15.5 Å². The van der Waals surface area contributed by atoms with Gasteiger partial charge in [0.2, 0.25) is 5.91 Å². The van der Waals surface area contributed by atoms with Crippen LogP contribution in [0.2, 0.25) is 0 Å². The Morgan fingerprint density at radius 3 is 2.40 bits per heavy atom. The highest BCUT2D eigenvalue weighted by atomic mass is 16.4. The van der Waals surface area contributed by atoms with Gasteiger partial charge in [-0.2, -0.15) is 0 Å². The first-order valence-corrected chi connectivity index (χ1v) is 8.86. The summed E-state index contributed by atoms with van der Waals surface area (Å²) in [7, 11) is 0. The number of nitrogens with one attached hydrogen (secondary N) is 2. The summed E-state index contributed by atoms with van der Waals surface area (Å²) >= 11 is 0. The molecule has 1 saturated carbocycles. The topological polar surface area (TPSA) is 116 Å². The lowest BCUT2D eigenvalue weighted by Gasteiger charge is -2.34. The van der Waals surface area contributed by atoms with Crippen LogP contribution in [0.3, 0.4) is 0 Å². The third-order valence-corrected chi connectivity index (χ3v) is 5.33. The highest BCUT2D eigenvalue weighted by molar-refractivity contribution is 6.09. The summed E-state index contributed by atoms with van der Waals surface area (Å²) < 4.78 is 0. The van der Waals surface area contributed by atoms with Crippen molar-refractivity contribution in [2.24, 2.45) is 11.8 Å². The van der Waals surface area contributed by atoms with Crippen LogP contribution < -0.4 is 10.6 Å². The first-order chi connectivity index (χ1) is 11.7. The van der Waals surface area contributed by atoms with Gasteiger partial charge >= 0.3 is 12.0 Å². The second kappa shape index (κ2) is 7.41. The molecule has 1 heterocycles. The number of carboxylic acid groups (broad SMARTS) is 1. The Bertz CT molecular complexity index is 567. The fraction of sp³-hybridized carbons (Fsp3) is 0.765. The summed E-state index contributed by atoms with van der Waals surface area (Å²) in [5.74, 6) is -1.91. The monoisotopic (exact) mass is 353 g/mol. The van der Waals surface area contributed by atoms with Gasteiger partial charge in [0.1, 0.15) is 18.1 Å². The first kappa shape index (κ1) is 19.2. The molecule has 2 aliphatic rings. The molecule has 1 atom stereocenters. The standard InChI is InChI=1S/C17H27N3O5/c1-4-11-5-7-17(8-6-11)15(24)20(16(25)19-17)9-12(21)18-13(10(2)3)14(22)23/h10-11,13H,4-9H2,1-3H3,(H,18,21)(H,19,25)(H,22,23)/t11?,13-,17?/m0/s1. The van der Waals surface area contributed by atoms with E-state index in [0.717, 1.165) is 24.2 Å². The van der Waals surface area contributed by atoms with Gasteiger partial charge in [0.25, 0.3) is 5.91 Å². The number of hydrogen-bond acceptors (Lipinski definition) is 4. The average molecular weight is 353 g/mol. The highest BCUT2D eigenvalue weighted by Gasteiger charge is 2.52. The van der Waals surface area contributed by atoms with Gasteiger partial charge in [-0.25, -0.2) is 9.59 Å². The van der Waals surface area contributed by atoms with Gasteiger partial charge in [-0.15, -0.1) is 0 Å². The van der Waals surface area contributed by atoms with E-state index in [0.29, 0.717) is 18.8 Å². The number of urea groups is 1. The van der Waals surface area contributed by atoms with Crippen LogP contribution in [-0.4, -0.2) is 51.9 Å². The van der Waals surface area contributed by atoms with Crippen LogP contribution in [0, 0.1) is 11.8 Å². The maximum Gasteiger partial charge on any atom is 0.326 e. The lowest BCUT2D eigenvalue weighted by atomic mass is 9.75. The van der Waals surface area contributed by atoms with Gasteiger partial charge in [-0.05, 0) is 37.5 Å². The number of nitrogens with zero attached hydrogens (tertiary/aromatic N) is 1. The summed E-state index contributed by atoms with van der Waals surface area (Å²) in [6.45, 7) is 5.00. The summed E-state index contributed by atoms with van der Waals surface area (Å²) in [6.07, 6.45) is 3.96. The van der Waals surface area contributed by atoms with Crippen LogP contribution in [-0.2, 0) is 14.4 Å². The van der Waals surface area contributed by atoms with Gasteiger partial charge in [0, 0.05) is 0 Å². The second-order valence-electron chi connectivity index (χ2n) is 7.38. The van der Waals surface area contributed by atoms with Crippen LogP contribution in [0.1, 0.15) is 52.9 Å². The van der Waals surface area contributed by atoms with Crippen LogP contribution >= 0.6 is 0 Å². The number of hydrogen-bond donors (Lipinski definition) is 3. The molecule has 8 heteroatoms. The fourth-order valence-corrected chi connectivity index (χ4v) is 3.61. The van der Waals surface area contributed by atoms with Crippen molar-refractivity contribution in [3.05, 3.63) is 0 Å². The largest absolute Gasteiger partial charge is 0.480 e. The predicted molar refractivity (Wildman–Crippen MR) is 89.6 cm³/mol. The van der Waals surface area contributed by atoms with E-state index in [2.05, 4.69) is 17.6 Å². The quantitative estimate of drug-likeness (QED) is 0.619. The van der Waals surface area contributed by atoms with Crippen molar-refractivity contribution in [2.45, 2.75) is 64.5 Å². The van der Waals surface area contributed by atoms with Crippen LogP contribution in [0.4, 0.5) is 4.79 Å². The maximum absolute atomic E-state index is 12.7. The number of carbonyl (C=O) groups excluding carboxylic acids is 3. The van der Waals surface area contributed by atoms with E-state index in [1.165, 1.54) is 0 Å². The summed E-state index contributed by atoms with van der Waals surface area (Å²) in [5.41, 5.74) is -0.896. The van der Waals surface area contributed by atoms with E-state index < -0.39 is 36.0 Å². The number of aliphatic carboxylic acids is 1. The number of imide groups is 1. The number of rotatable bonds is 6. The van der Waals surface area contributed by atoms with Crippen molar-refractivity contribution in [2.75, 3.05) is 6.54 Å². The van der Waals surface area contributed by atoms with Crippen molar-refractivity contribution in [3.63, 3.8) is 0 Å². The summed E-state index contributed by atoms with van der Waals surface area (Å²) in [4.78, 5) is 49.1. The van der Waals surface area contributed by atoms with Gasteiger partial charge < -0.3 is 15.7 Å². The van der Waals surface area contributed by atoms with Crippen LogP contribution in [0.15, 0.2) is 0 Å². The summed E-state index contributed by atoms with van der Waals surface area (Å²) in [5, 5.41) is 14.3. The van der Waals surface area contributed by atoms with Crippen LogP contribution in [0.25, 0.3) is 0 Å². The Labute approximate surface area is 147 Å². The van der Waals surface area contributed by atoms with E-state index in [9.17, 15) is 19.2 Å². The molecule has 0 aromatic heterocycles. The maximum atomic E-state index is 12.7. The molecule has 1 aliphatic carbocycles. The normalized spacial score (nSPS) is 27.5. The SMILES string of the molecule is CCC1CCC2(CC1)NC(=O)N(CC(=O)N[C@H](C(=O)O)C(C)C)C2=O. The zero-order valence-electron chi connectivity index (χ0n) is 15.0. The molecule has 0 aromatic rings. The minimum atomic E-state index is -1.14. The van der Waals surface area contributed by atoms with Crippen molar-refractivity contribution >= 4 is 23.8 Å². The molecule has 2 rings (SSSR count). The molecular weight excluding hydrogens is 326 g/mol. The molecule has 3 N–H and O–H groups in total. The smallest absolute Gasteiger partial charge is 0.326 e. The molecule has 25 heavy (non-hydrogen) atoms. The highest BCUT2D eigenvalue weighted by Crippen LogP contribution is 2.37. The summed E-state index contributed by atoms with van der Waals surface area (Å²) in [6, 6.07) is -1.63. The van der Waals surface area contributed by atoms with Crippen LogP contribution in [0.5, 0.6) is 0 Å². The average Bonchev–Trinajstić information content (AvgIpc) is 2.77. The molecule has 0 unspecified atom stereocenters. The van der Waals surface area contributed by atoms with E-state index in [4.69, 9.17) is 5.11 Å². The molecule has 4 amide bonds. The molecule has 1 saturated heterocycles. The van der Waals surface area contributed by atoms with Gasteiger partial charge in [-0.3, -0.25) is 14.5 Å². The number of carboxylic acids is 1. The zero-order valence-corrected chi connectivity index (χ0v) is 15.0. The Kier molecular flexibility index (Phi) is 5.69. The minimum absolute atomic E-state index is 0.305. The molecule has 1 spiro atoms. The minimum Gasteiger partial charge on any atom is -0.480 e. The third-order valence-electron chi connectivity index (χ3n) is 5.33. The van der Waals surface area contributed by atoms with Gasteiger partial charge in [0.05, 0.1) is 0 Å². The van der Waals surface area contributed by atoms with Gasteiger partial charge in [0.15, 0.2) is 0 Å². The molecule has 0 radical (unpaired) electrons. The Balaban J connectivity index is 2.01. The van der Waals surface area contributed by atoms with Crippen molar-refractivity contribution in [3.8, 4) is 0 Å². The molecule has 1 aliphatic heterocycles. The molecular formula is C17H27N3O5. The molecule has 8 nitrogen and oxygen atoms in total. The Morgan fingerprint density at radius 1 is 1.32 bits per heavy atom. The van der Waals surface area contributed by atoms with E-state index >= 15 is 0 Å². The Hall–Kier alpha value is -2.12. The molecule has 0 aromatic carbocycles. The third kappa shape index (κ3) is 3.93. The predicted octanol–water partition coefficient (Wildman–Crippen LogP) is 1.10. The molecule has 140 valence electrons. The lowest BCUT2D eigenvalue weighted by molar-refractivity contribution is -0.143. The molecule has 2 fully saturated rings. The van der Waals surface area contributed by atoms with E-state index in [1.54, 1.807) is 13.8 Å². The van der Waals surface area contributed by atoms with Crippen molar-refractivity contribution < 1.29 is 24.3 Å². The first-order valence-electron chi connectivity index (χ1n) is 8.86. The molecule has 0 bridgehead atoms. The fourth-order valence-electron chi connectivity index (χ4n) is 3.61. The zero-order chi connectivity index (χ0) is 18.8. The van der Waals surface area contributed by atoms with Crippen molar-refractivity contribution in [1.29, 1.82) is 0 Å². The van der Waals surface area contributed by atoms with Gasteiger partial charge in [-0.1, -0.05) is 27.2 Å². The van der Waals surface area contributed by atoms with E-state index in [1.807, 2.05) is 0 Å². The Morgan fingerprint density at radius 2 is 1.92 bits per heavy atom. The second-order valence-corrected chi connectivity index (χ2v) is 7.38.